The fourth-order valence-electron chi connectivity index (χ4n) is 3.36. The zero-order valence-corrected chi connectivity index (χ0v) is 17.4. The van der Waals surface area contributed by atoms with Gasteiger partial charge in [0.1, 0.15) is 16.7 Å². The molecule has 1 N–H and O–H groups in total. The second-order valence-electron chi connectivity index (χ2n) is 6.77. The first-order valence-electron chi connectivity index (χ1n) is 9.09. The highest BCUT2D eigenvalue weighted by Gasteiger charge is 2.37. The summed E-state index contributed by atoms with van der Waals surface area (Å²) in [4.78, 5) is 38.1. The molecule has 0 saturated carbocycles. The van der Waals surface area contributed by atoms with Crippen LogP contribution in [0.4, 0.5) is 5.69 Å². The summed E-state index contributed by atoms with van der Waals surface area (Å²) in [6.07, 6.45) is -0.345. The zero-order valence-electron chi connectivity index (χ0n) is 15.8. The molecule has 8 heteroatoms. The van der Waals surface area contributed by atoms with Gasteiger partial charge in [-0.3, -0.25) is 9.59 Å². The largest absolute Gasteiger partial charge is 0.486 e. The van der Waals surface area contributed by atoms with Crippen LogP contribution in [0.5, 0.6) is 5.75 Å². The Morgan fingerprint density at radius 3 is 2.63 bits per heavy atom. The van der Waals surface area contributed by atoms with Gasteiger partial charge in [-0.25, -0.2) is 9.69 Å². The highest BCUT2D eigenvalue weighted by molar-refractivity contribution is 7.12. The van der Waals surface area contributed by atoms with E-state index < -0.39 is 17.8 Å². The van der Waals surface area contributed by atoms with Crippen LogP contribution in [0.2, 0.25) is 5.02 Å². The van der Waals surface area contributed by atoms with Crippen molar-refractivity contribution in [3.05, 3.63) is 80.5 Å². The normalized spacial score (nSPS) is 14.4. The summed E-state index contributed by atoms with van der Waals surface area (Å²) in [6.45, 7) is 1.89. The van der Waals surface area contributed by atoms with E-state index in [2.05, 4.69) is 0 Å². The number of halogens is 1. The molecule has 30 heavy (non-hydrogen) atoms. The van der Waals surface area contributed by atoms with E-state index in [1.807, 2.05) is 37.3 Å². The second-order valence-corrected chi connectivity index (χ2v) is 8.05. The molecule has 2 amide bonds. The van der Waals surface area contributed by atoms with Crippen LogP contribution in [0.25, 0.3) is 0 Å². The molecule has 152 valence electrons. The van der Waals surface area contributed by atoms with Gasteiger partial charge in [-0.15, -0.1) is 11.3 Å². The van der Waals surface area contributed by atoms with E-state index in [0.29, 0.717) is 11.3 Å². The van der Waals surface area contributed by atoms with E-state index in [1.165, 1.54) is 11.4 Å². The van der Waals surface area contributed by atoms with Crippen LogP contribution in [0.15, 0.2) is 53.9 Å². The maximum atomic E-state index is 13.1. The molecule has 1 aliphatic rings. The lowest BCUT2D eigenvalue weighted by molar-refractivity contribution is -0.117. The number of carbonyl (C=O) groups excluding carboxylic acids is 2. The minimum atomic E-state index is -1.20. The van der Waals surface area contributed by atoms with Gasteiger partial charge in [0.15, 0.2) is 0 Å². The number of rotatable bonds is 5. The van der Waals surface area contributed by atoms with Crippen LogP contribution < -0.4 is 9.64 Å². The topological polar surface area (TPSA) is 83.9 Å². The monoisotopic (exact) mass is 441 g/mol. The quantitative estimate of drug-likeness (QED) is 0.565. The Balaban J connectivity index is 1.69. The number of anilines is 1. The Kier molecular flexibility index (Phi) is 5.32. The van der Waals surface area contributed by atoms with Gasteiger partial charge >= 0.3 is 5.97 Å². The van der Waals surface area contributed by atoms with Crippen molar-refractivity contribution in [2.45, 2.75) is 19.4 Å². The predicted octanol–water partition coefficient (Wildman–Crippen LogP) is 4.97. The molecule has 4 rings (SSSR count). The fourth-order valence-corrected chi connectivity index (χ4v) is 4.46. The number of ether oxygens (including phenoxy) is 1. The van der Waals surface area contributed by atoms with Crippen molar-refractivity contribution < 1.29 is 24.2 Å². The Morgan fingerprint density at radius 1 is 1.20 bits per heavy atom. The smallest absolute Gasteiger partial charge is 0.346 e. The number of amides is 2. The minimum absolute atomic E-state index is 0.0344. The molecule has 0 spiro atoms. The maximum absolute atomic E-state index is 13.1. The summed E-state index contributed by atoms with van der Waals surface area (Å²) in [6, 6.07) is 14.3. The maximum Gasteiger partial charge on any atom is 0.346 e. The van der Waals surface area contributed by atoms with Gasteiger partial charge in [0.25, 0.3) is 5.91 Å². The van der Waals surface area contributed by atoms with E-state index >= 15 is 0 Å². The third-order valence-corrected chi connectivity index (χ3v) is 6.15. The first kappa shape index (κ1) is 20.1. The first-order valence-corrected chi connectivity index (χ1v) is 10.3. The van der Waals surface area contributed by atoms with Crippen molar-refractivity contribution >= 4 is 46.4 Å². The van der Waals surface area contributed by atoms with Crippen molar-refractivity contribution in [2.24, 2.45) is 0 Å². The summed E-state index contributed by atoms with van der Waals surface area (Å²) in [5, 5.41) is 11.1. The van der Waals surface area contributed by atoms with Crippen LogP contribution in [-0.2, 0) is 11.2 Å². The molecular formula is C22H16ClNO5S. The second kappa shape index (κ2) is 7.93. The summed E-state index contributed by atoms with van der Waals surface area (Å²) in [5.41, 5.74) is 1.59. The Bertz CT molecular complexity index is 1160. The number of fused-ring (bicyclic) bond motifs is 1. The number of aromatic carboxylic acids is 1. The summed E-state index contributed by atoms with van der Waals surface area (Å²) in [7, 11) is 0. The number of hydrogen-bond donors (Lipinski definition) is 1. The zero-order chi connectivity index (χ0) is 21.4. The van der Waals surface area contributed by atoms with E-state index in [9.17, 15) is 19.5 Å². The van der Waals surface area contributed by atoms with Crippen molar-refractivity contribution in [1.82, 2.24) is 0 Å². The lowest BCUT2D eigenvalue weighted by Crippen LogP contribution is -2.42. The van der Waals surface area contributed by atoms with Crippen molar-refractivity contribution in [3.63, 3.8) is 0 Å². The van der Waals surface area contributed by atoms with Gasteiger partial charge in [-0.2, -0.15) is 0 Å². The highest BCUT2D eigenvalue weighted by atomic mass is 35.5. The van der Waals surface area contributed by atoms with Gasteiger partial charge in [-0.05, 0) is 35.6 Å². The van der Waals surface area contributed by atoms with Gasteiger partial charge in [0.05, 0.1) is 22.7 Å². The number of imide groups is 1. The molecule has 6 nitrogen and oxygen atoms in total. The number of carbonyl (C=O) groups is 3. The van der Waals surface area contributed by atoms with E-state index in [0.717, 1.165) is 21.8 Å². The molecule has 0 aliphatic carbocycles. The van der Waals surface area contributed by atoms with Gasteiger partial charge in [0, 0.05) is 6.07 Å². The van der Waals surface area contributed by atoms with Gasteiger partial charge in [0.2, 0.25) is 5.91 Å². The molecule has 1 aliphatic heterocycles. The number of nitrogens with zero attached hydrogens (tertiary/aromatic N) is 1. The SMILES string of the molecule is C[C@@H](Oc1ccc(Cl)c(N2C(=O)Cc3csc(C(=O)O)c3C2=O)c1)c1ccccc1. The minimum Gasteiger partial charge on any atom is -0.486 e. The third kappa shape index (κ3) is 3.58. The summed E-state index contributed by atoms with van der Waals surface area (Å²) >= 11 is 7.23. The van der Waals surface area contributed by atoms with Crippen molar-refractivity contribution in [1.29, 1.82) is 0 Å². The number of carboxylic acids is 1. The molecule has 2 heterocycles. The summed E-state index contributed by atoms with van der Waals surface area (Å²) in [5.74, 6) is -1.95. The van der Waals surface area contributed by atoms with Crippen LogP contribution in [-0.4, -0.2) is 22.9 Å². The lowest BCUT2D eigenvalue weighted by Gasteiger charge is -2.27. The predicted molar refractivity (Wildman–Crippen MR) is 114 cm³/mol. The van der Waals surface area contributed by atoms with Crippen LogP contribution in [0, 0.1) is 0 Å². The molecular weight excluding hydrogens is 426 g/mol. The van der Waals surface area contributed by atoms with Crippen molar-refractivity contribution in [2.75, 3.05) is 4.90 Å². The van der Waals surface area contributed by atoms with E-state index in [1.54, 1.807) is 12.1 Å². The van der Waals surface area contributed by atoms with E-state index in [4.69, 9.17) is 16.3 Å². The molecule has 0 fully saturated rings. The Hall–Kier alpha value is -3.16. The lowest BCUT2D eigenvalue weighted by atomic mass is 10.0. The van der Waals surface area contributed by atoms with Crippen LogP contribution >= 0.6 is 22.9 Å². The van der Waals surface area contributed by atoms with E-state index in [-0.39, 0.29) is 33.7 Å². The average molecular weight is 442 g/mol. The molecule has 1 aromatic heterocycles. The first-order chi connectivity index (χ1) is 14.4. The number of carboxylic acid groups (broad SMARTS) is 1. The Morgan fingerprint density at radius 2 is 1.93 bits per heavy atom. The third-order valence-electron chi connectivity index (χ3n) is 4.81. The number of benzene rings is 2. The molecule has 0 radical (unpaired) electrons. The Labute approximate surface area is 181 Å². The standard InChI is InChI=1S/C22H16ClNO5S/c1-12(13-5-3-2-4-6-13)29-15-7-8-16(23)17(10-15)24-18(25)9-14-11-30-20(22(27)28)19(14)21(24)26/h2-8,10-12H,9H2,1H3,(H,27,28)/t12-/m1/s1. The van der Waals surface area contributed by atoms with Crippen LogP contribution in [0.1, 0.15) is 44.2 Å². The molecule has 2 aromatic carbocycles. The van der Waals surface area contributed by atoms with Gasteiger partial charge in [-0.1, -0.05) is 41.9 Å². The molecule has 0 saturated heterocycles. The fraction of sp³-hybridized carbons (Fsp3) is 0.136. The van der Waals surface area contributed by atoms with Gasteiger partial charge < -0.3 is 9.84 Å². The number of hydrogen-bond acceptors (Lipinski definition) is 5. The van der Waals surface area contributed by atoms with Crippen molar-refractivity contribution in [3.8, 4) is 5.75 Å². The number of thiophene rings is 1. The molecule has 3 aromatic rings. The molecule has 0 bridgehead atoms. The highest BCUT2D eigenvalue weighted by Crippen LogP contribution is 2.37. The average Bonchev–Trinajstić information content (AvgIpc) is 3.15. The summed E-state index contributed by atoms with van der Waals surface area (Å²) < 4.78 is 5.97. The van der Waals surface area contributed by atoms with Crippen LogP contribution in [0.3, 0.4) is 0 Å². The molecule has 0 unspecified atom stereocenters. The molecule has 1 atom stereocenters.